The Kier molecular flexibility index (Phi) is 4.82. The van der Waals surface area contributed by atoms with Gasteiger partial charge in [-0.15, -0.1) is 0 Å². The van der Waals surface area contributed by atoms with Crippen molar-refractivity contribution in [3.05, 3.63) is 0 Å². The molecule has 6 heteroatoms. The molecule has 4 rings (SSSR count). The number of amides is 2. The van der Waals surface area contributed by atoms with Crippen LogP contribution in [0.15, 0.2) is 0 Å². The number of carbonyl (C=O) groups excluding carboxylic acids is 3. The maximum absolute atomic E-state index is 12.9. The van der Waals surface area contributed by atoms with Crippen molar-refractivity contribution in [3.63, 3.8) is 0 Å². The second kappa shape index (κ2) is 6.61. The fourth-order valence-electron chi connectivity index (χ4n) is 5.97. The summed E-state index contributed by atoms with van der Waals surface area (Å²) in [7, 11) is 0. The van der Waals surface area contributed by atoms with Crippen molar-refractivity contribution in [1.82, 2.24) is 10.2 Å². The first kappa shape index (κ1) is 18.2. The van der Waals surface area contributed by atoms with Gasteiger partial charge in [-0.05, 0) is 64.2 Å². The summed E-state index contributed by atoms with van der Waals surface area (Å²) >= 11 is 0. The molecule has 4 aliphatic rings. The first-order valence-electron chi connectivity index (χ1n) is 9.55. The third-order valence-corrected chi connectivity index (χ3v) is 6.38. The molecule has 4 saturated carbocycles. The molecule has 0 aromatic rings. The van der Waals surface area contributed by atoms with E-state index >= 15 is 0 Å². The minimum Gasteiger partial charge on any atom is -0.455 e. The molecule has 140 valence electrons. The van der Waals surface area contributed by atoms with Crippen molar-refractivity contribution in [2.45, 2.75) is 64.8 Å². The summed E-state index contributed by atoms with van der Waals surface area (Å²) in [6.45, 7) is 6.44. The second-order valence-electron chi connectivity index (χ2n) is 8.35. The molecule has 0 radical (unpaired) electrons. The van der Waals surface area contributed by atoms with Crippen molar-refractivity contribution in [3.8, 4) is 0 Å². The first-order valence-corrected chi connectivity index (χ1v) is 9.55. The molecule has 2 atom stereocenters. The average Bonchev–Trinajstić information content (AvgIpc) is 2.51. The van der Waals surface area contributed by atoms with Gasteiger partial charge in [0.15, 0.2) is 6.61 Å². The van der Waals surface area contributed by atoms with Crippen LogP contribution in [-0.4, -0.2) is 47.9 Å². The zero-order valence-corrected chi connectivity index (χ0v) is 15.6. The van der Waals surface area contributed by atoms with Gasteiger partial charge in [0.1, 0.15) is 0 Å². The van der Waals surface area contributed by atoms with Gasteiger partial charge in [-0.25, -0.2) is 0 Å². The van der Waals surface area contributed by atoms with Gasteiger partial charge in [0.25, 0.3) is 5.91 Å². The summed E-state index contributed by atoms with van der Waals surface area (Å²) in [6, 6.07) is 0. The van der Waals surface area contributed by atoms with Crippen LogP contribution in [0.5, 0.6) is 0 Å². The summed E-state index contributed by atoms with van der Waals surface area (Å²) in [6.07, 6.45) is 5.42. The summed E-state index contributed by atoms with van der Waals surface area (Å²) < 4.78 is 5.48. The molecule has 0 heterocycles. The van der Waals surface area contributed by atoms with E-state index in [1.54, 1.807) is 11.8 Å². The monoisotopic (exact) mass is 350 g/mol. The van der Waals surface area contributed by atoms with Gasteiger partial charge in [-0.3, -0.25) is 14.4 Å². The lowest BCUT2D eigenvalue weighted by Gasteiger charge is -2.60. The Balaban J connectivity index is 1.69. The van der Waals surface area contributed by atoms with Gasteiger partial charge in [0.2, 0.25) is 5.91 Å². The molecule has 25 heavy (non-hydrogen) atoms. The normalized spacial score (nSPS) is 35.3. The predicted molar refractivity (Wildman–Crippen MR) is 92.5 cm³/mol. The van der Waals surface area contributed by atoms with Crippen molar-refractivity contribution in [1.29, 1.82) is 0 Å². The van der Waals surface area contributed by atoms with E-state index in [0.717, 1.165) is 32.1 Å². The zero-order valence-electron chi connectivity index (χ0n) is 15.6. The van der Waals surface area contributed by atoms with Gasteiger partial charge in [0, 0.05) is 25.6 Å². The lowest BCUT2D eigenvalue weighted by molar-refractivity contribution is -0.178. The Labute approximate surface area is 149 Å². The number of esters is 1. The number of nitrogens with one attached hydrogen (secondary N) is 1. The molecular weight excluding hydrogens is 320 g/mol. The standard InChI is InChI=1S/C19H30N2O4/c1-4-21(5-2)16(23)11-25-17(24)18-7-14-6-15(8-18)10-19(9-14,12-18)20-13(3)22/h14-15H,4-12H2,1-3H3,(H,20,22). The second-order valence-corrected chi connectivity index (χ2v) is 8.35. The van der Waals surface area contributed by atoms with Crippen molar-refractivity contribution in [2.75, 3.05) is 19.7 Å². The predicted octanol–water partition coefficient (Wildman–Crippen LogP) is 1.87. The molecule has 0 aromatic heterocycles. The van der Waals surface area contributed by atoms with Crippen LogP contribution in [0.25, 0.3) is 0 Å². The van der Waals surface area contributed by atoms with E-state index < -0.39 is 5.41 Å². The highest BCUT2D eigenvalue weighted by Crippen LogP contribution is 2.62. The fourth-order valence-corrected chi connectivity index (χ4v) is 5.97. The largest absolute Gasteiger partial charge is 0.455 e. The van der Waals surface area contributed by atoms with E-state index in [-0.39, 0.29) is 29.9 Å². The van der Waals surface area contributed by atoms with E-state index in [2.05, 4.69) is 5.32 Å². The SMILES string of the molecule is CCN(CC)C(=O)COC(=O)C12CC3CC(CC(NC(C)=O)(C3)C1)C2. The third kappa shape index (κ3) is 3.40. The third-order valence-electron chi connectivity index (χ3n) is 6.38. The van der Waals surface area contributed by atoms with Crippen LogP contribution < -0.4 is 5.32 Å². The molecule has 4 fully saturated rings. The maximum Gasteiger partial charge on any atom is 0.312 e. The Morgan fingerprint density at radius 1 is 1.08 bits per heavy atom. The quantitative estimate of drug-likeness (QED) is 0.742. The van der Waals surface area contributed by atoms with Crippen LogP contribution >= 0.6 is 0 Å². The first-order chi connectivity index (χ1) is 11.8. The highest BCUT2D eigenvalue weighted by Gasteiger charge is 2.61. The number of carbonyl (C=O) groups is 3. The highest BCUT2D eigenvalue weighted by atomic mass is 16.5. The van der Waals surface area contributed by atoms with E-state index in [0.29, 0.717) is 31.3 Å². The van der Waals surface area contributed by atoms with Crippen LogP contribution in [0.1, 0.15) is 59.3 Å². The number of hydrogen-bond acceptors (Lipinski definition) is 4. The summed E-state index contributed by atoms with van der Waals surface area (Å²) in [5, 5.41) is 3.15. The lowest BCUT2D eigenvalue weighted by Crippen LogP contribution is -2.64. The minimum absolute atomic E-state index is 0.0258. The smallest absolute Gasteiger partial charge is 0.312 e. The Hall–Kier alpha value is -1.59. The molecule has 4 bridgehead atoms. The van der Waals surface area contributed by atoms with Gasteiger partial charge in [0.05, 0.1) is 5.41 Å². The van der Waals surface area contributed by atoms with E-state index in [1.165, 1.54) is 0 Å². The molecule has 2 unspecified atom stereocenters. The summed E-state index contributed by atoms with van der Waals surface area (Å²) in [5.74, 6) is 0.539. The average molecular weight is 350 g/mol. The summed E-state index contributed by atoms with van der Waals surface area (Å²) in [5.41, 5.74) is -0.770. The number of ether oxygens (including phenoxy) is 1. The Morgan fingerprint density at radius 3 is 2.20 bits per heavy atom. The molecular formula is C19H30N2O4. The Bertz CT molecular complexity index is 556. The molecule has 2 amide bonds. The topological polar surface area (TPSA) is 75.7 Å². The number of likely N-dealkylation sites (N-methyl/N-ethyl adjacent to an activating group) is 1. The van der Waals surface area contributed by atoms with Crippen LogP contribution in [0, 0.1) is 17.3 Å². The molecule has 0 aromatic carbocycles. The molecule has 0 saturated heterocycles. The van der Waals surface area contributed by atoms with Crippen LogP contribution in [0.2, 0.25) is 0 Å². The van der Waals surface area contributed by atoms with Crippen LogP contribution in [0.4, 0.5) is 0 Å². The van der Waals surface area contributed by atoms with Gasteiger partial charge < -0.3 is 15.0 Å². The van der Waals surface area contributed by atoms with Gasteiger partial charge >= 0.3 is 5.97 Å². The summed E-state index contributed by atoms with van der Waals surface area (Å²) in [4.78, 5) is 38.4. The van der Waals surface area contributed by atoms with Gasteiger partial charge in [-0.2, -0.15) is 0 Å². The number of hydrogen-bond donors (Lipinski definition) is 1. The molecule has 6 nitrogen and oxygen atoms in total. The van der Waals surface area contributed by atoms with E-state index in [1.807, 2.05) is 13.8 Å². The molecule has 0 spiro atoms. The van der Waals surface area contributed by atoms with E-state index in [9.17, 15) is 14.4 Å². The fraction of sp³-hybridized carbons (Fsp3) is 0.842. The lowest BCUT2D eigenvalue weighted by atomic mass is 9.47. The molecule has 0 aliphatic heterocycles. The Morgan fingerprint density at radius 2 is 1.68 bits per heavy atom. The molecule has 1 N–H and O–H groups in total. The van der Waals surface area contributed by atoms with Crippen molar-refractivity contribution >= 4 is 17.8 Å². The highest BCUT2D eigenvalue weighted by molar-refractivity contribution is 5.83. The number of rotatable bonds is 6. The van der Waals surface area contributed by atoms with Crippen LogP contribution in [-0.2, 0) is 19.1 Å². The van der Waals surface area contributed by atoms with Gasteiger partial charge in [-0.1, -0.05) is 0 Å². The van der Waals surface area contributed by atoms with Crippen molar-refractivity contribution < 1.29 is 19.1 Å². The maximum atomic E-state index is 12.9. The minimum atomic E-state index is -0.518. The number of nitrogens with zero attached hydrogens (tertiary/aromatic N) is 1. The van der Waals surface area contributed by atoms with E-state index in [4.69, 9.17) is 4.74 Å². The van der Waals surface area contributed by atoms with Crippen molar-refractivity contribution in [2.24, 2.45) is 17.3 Å². The zero-order chi connectivity index (χ0) is 18.2. The molecule has 4 aliphatic carbocycles. The van der Waals surface area contributed by atoms with Crippen LogP contribution in [0.3, 0.4) is 0 Å².